The summed E-state index contributed by atoms with van der Waals surface area (Å²) in [4.78, 5) is 4.65. The zero-order valence-electron chi connectivity index (χ0n) is 13.4. The molecule has 1 aliphatic rings. The number of ether oxygens (including phenoxy) is 2. The Balaban J connectivity index is 2.07. The topological polar surface area (TPSA) is 45.2 Å². The van der Waals surface area contributed by atoms with Gasteiger partial charge in [0.25, 0.3) is 0 Å². The Morgan fingerprint density at radius 2 is 2.05 bits per heavy atom. The van der Waals surface area contributed by atoms with Gasteiger partial charge in [0, 0.05) is 43.9 Å². The number of β-amino-alcohol motifs (C(OH)–C–C–N with tert-alkyl or cyclic N) is 1. The summed E-state index contributed by atoms with van der Waals surface area (Å²) in [6.45, 7) is 5.88. The third kappa shape index (κ3) is 3.87. The number of methoxy groups -OCH3 is 2. The van der Waals surface area contributed by atoms with Crippen LogP contribution in [-0.4, -0.2) is 68.4 Å². The molecule has 21 heavy (non-hydrogen) atoms. The molecule has 1 aliphatic heterocycles. The zero-order chi connectivity index (χ0) is 15.4. The Morgan fingerprint density at radius 1 is 1.29 bits per heavy atom. The van der Waals surface area contributed by atoms with Gasteiger partial charge in [0.05, 0.1) is 20.3 Å². The van der Waals surface area contributed by atoms with Crippen LogP contribution < -0.4 is 9.47 Å². The SMILES string of the molecule is COc1ccc(C(O)CN2CCN(C)CC2C)c(OC)c1. The Kier molecular flexibility index (Phi) is 5.45. The van der Waals surface area contributed by atoms with Crippen molar-refractivity contribution in [3.05, 3.63) is 23.8 Å². The Hall–Kier alpha value is -1.30. The van der Waals surface area contributed by atoms with Gasteiger partial charge >= 0.3 is 0 Å². The van der Waals surface area contributed by atoms with Crippen molar-refractivity contribution in [3.8, 4) is 11.5 Å². The molecule has 2 unspecified atom stereocenters. The second kappa shape index (κ2) is 7.11. The minimum Gasteiger partial charge on any atom is -0.497 e. The second-order valence-electron chi connectivity index (χ2n) is 5.73. The molecule has 0 bridgehead atoms. The standard InChI is InChI=1S/C16H26N2O3/c1-12-10-17(2)7-8-18(12)11-15(19)14-6-5-13(20-3)9-16(14)21-4/h5-6,9,12,15,19H,7-8,10-11H2,1-4H3. The molecule has 5 heteroatoms. The van der Waals surface area contributed by atoms with Crippen LogP contribution in [0.2, 0.25) is 0 Å². The lowest BCUT2D eigenvalue weighted by molar-refractivity contribution is 0.0465. The van der Waals surface area contributed by atoms with Crippen LogP contribution in [0.1, 0.15) is 18.6 Å². The molecule has 1 fully saturated rings. The molecule has 0 amide bonds. The quantitative estimate of drug-likeness (QED) is 0.889. The van der Waals surface area contributed by atoms with Gasteiger partial charge in [-0.1, -0.05) is 0 Å². The van der Waals surface area contributed by atoms with Gasteiger partial charge in [-0.2, -0.15) is 0 Å². The van der Waals surface area contributed by atoms with Crippen LogP contribution >= 0.6 is 0 Å². The molecular weight excluding hydrogens is 268 g/mol. The van der Waals surface area contributed by atoms with Crippen LogP contribution in [0.15, 0.2) is 18.2 Å². The molecule has 2 atom stereocenters. The minimum atomic E-state index is -0.559. The van der Waals surface area contributed by atoms with E-state index in [4.69, 9.17) is 9.47 Å². The smallest absolute Gasteiger partial charge is 0.128 e. The maximum Gasteiger partial charge on any atom is 0.128 e. The fourth-order valence-electron chi connectivity index (χ4n) is 2.86. The molecule has 1 aromatic rings. The van der Waals surface area contributed by atoms with Crippen LogP contribution in [0.4, 0.5) is 0 Å². The van der Waals surface area contributed by atoms with Gasteiger partial charge in [-0.25, -0.2) is 0 Å². The highest BCUT2D eigenvalue weighted by molar-refractivity contribution is 5.42. The molecule has 0 radical (unpaired) electrons. The number of aliphatic hydroxyl groups excluding tert-OH is 1. The average molecular weight is 294 g/mol. The highest BCUT2D eigenvalue weighted by Gasteiger charge is 2.25. The number of likely N-dealkylation sites (N-methyl/N-ethyl adjacent to an activating group) is 1. The summed E-state index contributed by atoms with van der Waals surface area (Å²) < 4.78 is 10.6. The number of hydrogen-bond donors (Lipinski definition) is 1. The first-order valence-corrected chi connectivity index (χ1v) is 7.37. The molecule has 0 aliphatic carbocycles. The molecular formula is C16H26N2O3. The van der Waals surface area contributed by atoms with Gasteiger partial charge in [0.15, 0.2) is 0 Å². The van der Waals surface area contributed by atoms with Crippen molar-refractivity contribution in [1.29, 1.82) is 0 Å². The number of benzene rings is 1. The fraction of sp³-hybridized carbons (Fsp3) is 0.625. The van der Waals surface area contributed by atoms with Crippen molar-refractivity contribution >= 4 is 0 Å². The molecule has 2 rings (SSSR count). The molecule has 0 aromatic heterocycles. The van der Waals surface area contributed by atoms with Gasteiger partial charge in [-0.15, -0.1) is 0 Å². The summed E-state index contributed by atoms with van der Waals surface area (Å²) in [7, 11) is 5.37. The van der Waals surface area contributed by atoms with Crippen molar-refractivity contribution in [3.63, 3.8) is 0 Å². The van der Waals surface area contributed by atoms with Crippen molar-refractivity contribution < 1.29 is 14.6 Å². The van der Waals surface area contributed by atoms with Crippen LogP contribution in [0, 0.1) is 0 Å². The van der Waals surface area contributed by atoms with E-state index in [1.807, 2.05) is 18.2 Å². The summed E-state index contributed by atoms with van der Waals surface area (Å²) in [5, 5.41) is 10.6. The molecule has 5 nitrogen and oxygen atoms in total. The van der Waals surface area contributed by atoms with E-state index in [-0.39, 0.29) is 0 Å². The number of rotatable bonds is 5. The number of aliphatic hydroxyl groups is 1. The minimum absolute atomic E-state index is 0.447. The fourth-order valence-corrected chi connectivity index (χ4v) is 2.86. The Bertz CT molecular complexity index is 467. The number of hydrogen-bond acceptors (Lipinski definition) is 5. The van der Waals surface area contributed by atoms with Gasteiger partial charge in [0.1, 0.15) is 11.5 Å². The van der Waals surface area contributed by atoms with Crippen LogP contribution in [0.3, 0.4) is 0 Å². The van der Waals surface area contributed by atoms with Gasteiger partial charge in [-0.05, 0) is 26.1 Å². The molecule has 1 saturated heterocycles. The van der Waals surface area contributed by atoms with E-state index in [0.29, 0.717) is 18.3 Å². The summed E-state index contributed by atoms with van der Waals surface area (Å²) >= 11 is 0. The third-order valence-electron chi connectivity index (χ3n) is 4.18. The largest absolute Gasteiger partial charge is 0.497 e. The highest BCUT2D eigenvalue weighted by Crippen LogP contribution is 2.30. The maximum absolute atomic E-state index is 10.6. The summed E-state index contributed by atoms with van der Waals surface area (Å²) in [6, 6.07) is 5.99. The van der Waals surface area contributed by atoms with E-state index < -0.39 is 6.10 Å². The average Bonchev–Trinajstić information content (AvgIpc) is 2.49. The van der Waals surface area contributed by atoms with Crippen molar-refractivity contribution in [1.82, 2.24) is 9.80 Å². The first-order chi connectivity index (χ1) is 10.0. The molecule has 1 aromatic carbocycles. The van der Waals surface area contributed by atoms with Crippen LogP contribution in [0.25, 0.3) is 0 Å². The van der Waals surface area contributed by atoms with Crippen LogP contribution in [0.5, 0.6) is 11.5 Å². The Morgan fingerprint density at radius 3 is 2.67 bits per heavy atom. The van der Waals surface area contributed by atoms with Gasteiger partial charge in [0.2, 0.25) is 0 Å². The number of piperazine rings is 1. The first kappa shape index (κ1) is 16.1. The van der Waals surface area contributed by atoms with Gasteiger partial charge in [-0.3, -0.25) is 4.90 Å². The highest BCUT2D eigenvalue weighted by atomic mass is 16.5. The second-order valence-corrected chi connectivity index (χ2v) is 5.73. The Labute approximate surface area is 127 Å². The van der Waals surface area contributed by atoms with Crippen molar-refractivity contribution in [2.75, 3.05) is 47.4 Å². The van der Waals surface area contributed by atoms with Crippen LogP contribution in [-0.2, 0) is 0 Å². The van der Waals surface area contributed by atoms with E-state index in [0.717, 1.165) is 30.9 Å². The normalized spacial score (nSPS) is 22.0. The van der Waals surface area contributed by atoms with Gasteiger partial charge < -0.3 is 19.5 Å². The van der Waals surface area contributed by atoms with E-state index in [2.05, 4.69) is 23.8 Å². The maximum atomic E-state index is 10.6. The number of nitrogens with zero attached hydrogens (tertiary/aromatic N) is 2. The molecule has 0 spiro atoms. The lowest BCUT2D eigenvalue weighted by Crippen LogP contribution is -2.51. The van der Waals surface area contributed by atoms with Crippen molar-refractivity contribution in [2.45, 2.75) is 19.1 Å². The zero-order valence-corrected chi connectivity index (χ0v) is 13.4. The predicted octanol–water partition coefficient (Wildman–Crippen LogP) is 1.37. The lowest BCUT2D eigenvalue weighted by atomic mass is 10.1. The van der Waals surface area contributed by atoms with E-state index in [1.54, 1.807) is 14.2 Å². The predicted molar refractivity (Wildman–Crippen MR) is 83.0 cm³/mol. The molecule has 0 saturated carbocycles. The van der Waals surface area contributed by atoms with E-state index >= 15 is 0 Å². The molecule has 1 N–H and O–H groups in total. The molecule has 1 heterocycles. The summed E-state index contributed by atoms with van der Waals surface area (Å²) in [5.74, 6) is 1.40. The summed E-state index contributed by atoms with van der Waals surface area (Å²) in [5.41, 5.74) is 0.810. The molecule has 118 valence electrons. The van der Waals surface area contributed by atoms with Crippen molar-refractivity contribution in [2.24, 2.45) is 0 Å². The van der Waals surface area contributed by atoms with E-state index in [9.17, 15) is 5.11 Å². The lowest BCUT2D eigenvalue weighted by Gasteiger charge is -2.39. The monoisotopic (exact) mass is 294 g/mol. The third-order valence-corrected chi connectivity index (χ3v) is 4.18. The summed E-state index contributed by atoms with van der Waals surface area (Å²) in [6.07, 6.45) is -0.559. The first-order valence-electron chi connectivity index (χ1n) is 7.37. The van der Waals surface area contributed by atoms with E-state index in [1.165, 1.54) is 0 Å².